The molecule has 170 valence electrons. The molecule has 4 rings (SSSR count). The highest BCUT2D eigenvalue weighted by molar-refractivity contribution is 5.92. The van der Waals surface area contributed by atoms with Crippen LogP contribution in [0.3, 0.4) is 0 Å². The maximum atomic E-state index is 12.7. The molecule has 33 heavy (non-hydrogen) atoms. The van der Waals surface area contributed by atoms with E-state index in [9.17, 15) is 14.4 Å². The number of carbonyl (C=O) groups is 2. The zero-order valence-corrected chi connectivity index (χ0v) is 18.5. The van der Waals surface area contributed by atoms with Gasteiger partial charge in [-0.1, -0.05) is 6.92 Å². The van der Waals surface area contributed by atoms with Crippen LogP contribution in [0.2, 0.25) is 0 Å². The predicted octanol–water partition coefficient (Wildman–Crippen LogP) is 4.89. The van der Waals surface area contributed by atoms with Gasteiger partial charge in [-0.15, -0.1) is 0 Å². The SMILES string of the molecule is CCCN(CCCC(C)=O)c1ccc2cc(-c3nc4cc(C(=O)O)ccc4o3)c(=O)oc2c1. The van der Waals surface area contributed by atoms with Crippen LogP contribution < -0.4 is 10.5 Å². The molecule has 0 aliphatic carbocycles. The van der Waals surface area contributed by atoms with Crippen molar-refractivity contribution >= 4 is 39.5 Å². The van der Waals surface area contributed by atoms with E-state index >= 15 is 0 Å². The molecule has 0 bridgehead atoms. The van der Waals surface area contributed by atoms with Crippen molar-refractivity contribution in [3.63, 3.8) is 0 Å². The first-order valence-corrected chi connectivity index (χ1v) is 10.8. The van der Waals surface area contributed by atoms with Gasteiger partial charge in [0.15, 0.2) is 5.58 Å². The average molecular weight is 448 g/mol. The number of rotatable bonds is 9. The number of anilines is 1. The van der Waals surface area contributed by atoms with Gasteiger partial charge in [0, 0.05) is 36.7 Å². The summed E-state index contributed by atoms with van der Waals surface area (Å²) >= 11 is 0. The molecule has 8 nitrogen and oxygen atoms in total. The van der Waals surface area contributed by atoms with Crippen LogP contribution >= 0.6 is 0 Å². The number of benzene rings is 2. The van der Waals surface area contributed by atoms with E-state index in [0.717, 1.165) is 31.6 Å². The smallest absolute Gasteiger partial charge is 0.349 e. The highest BCUT2D eigenvalue weighted by Gasteiger charge is 2.17. The van der Waals surface area contributed by atoms with E-state index in [1.54, 1.807) is 13.0 Å². The Kier molecular flexibility index (Phi) is 6.26. The molecule has 4 aromatic rings. The van der Waals surface area contributed by atoms with E-state index < -0.39 is 11.6 Å². The zero-order valence-electron chi connectivity index (χ0n) is 18.5. The molecule has 1 N–H and O–H groups in total. The molecule has 0 unspecified atom stereocenters. The molecule has 0 spiro atoms. The summed E-state index contributed by atoms with van der Waals surface area (Å²) in [5.74, 6) is -0.827. The quantitative estimate of drug-likeness (QED) is 0.360. The van der Waals surface area contributed by atoms with E-state index in [2.05, 4.69) is 16.8 Å². The topological polar surface area (TPSA) is 114 Å². The number of aromatic nitrogens is 1. The Morgan fingerprint density at radius 3 is 2.58 bits per heavy atom. The van der Waals surface area contributed by atoms with Crippen molar-refractivity contribution < 1.29 is 23.5 Å². The molecule has 0 saturated carbocycles. The van der Waals surface area contributed by atoms with Crippen LogP contribution in [0.15, 0.2) is 56.1 Å². The number of ketones is 1. The molecule has 8 heteroatoms. The lowest BCUT2D eigenvalue weighted by Gasteiger charge is -2.24. The molecular weight excluding hydrogens is 424 g/mol. The number of carboxylic acid groups (broad SMARTS) is 1. The third kappa shape index (κ3) is 4.79. The number of Topliss-reactive ketones (excluding diaryl/α,β-unsaturated/α-hetero) is 1. The summed E-state index contributed by atoms with van der Waals surface area (Å²) in [7, 11) is 0. The van der Waals surface area contributed by atoms with Crippen LogP contribution in [-0.2, 0) is 4.79 Å². The fourth-order valence-electron chi connectivity index (χ4n) is 3.78. The number of hydrogen-bond acceptors (Lipinski definition) is 7. The molecular formula is C25H24N2O6. The van der Waals surface area contributed by atoms with Crippen molar-refractivity contribution in [3.05, 3.63) is 58.4 Å². The Bertz CT molecular complexity index is 1400. The molecule has 0 aliphatic rings. The van der Waals surface area contributed by atoms with Gasteiger partial charge in [-0.3, -0.25) is 0 Å². The Labute approximate surface area is 189 Å². The van der Waals surface area contributed by atoms with Gasteiger partial charge in [0.2, 0.25) is 5.89 Å². The Morgan fingerprint density at radius 2 is 1.85 bits per heavy atom. The molecule has 2 aromatic heterocycles. The lowest BCUT2D eigenvalue weighted by Crippen LogP contribution is -2.25. The Hall–Kier alpha value is -3.94. The molecule has 0 aliphatic heterocycles. The van der Waals surface area contributed by atoms with Crippen LogP contribution in [-0.4, -0.2) is 34.9 Å². The third-order valence-corrected chi connectivity index (χ3v) is 5.40. The molecule has 2 heterocycles. The molecule has 0 saturated heterocycles. The van der Waals surface area contributed by atoms with Crippen molar-refractivity contribution in [3.8, 4) is 11.5 Å². The summed E-state index contributed by atoms with van der Waals surface area (Å²) in [4.78, 5) is 41.7. The highest BCUT2D eigenvalue weighted by Crippen LogP contribution is 2.28. The number of carbonyl (C=O) groups excluding carboxylic acids is 1. The van der Waals surface area contributed by atoms with Crippen molar-refractivity contribution in [1.82, 2.24) is 4.98 Å². The van der Waals surface area contributed by atoms with Gasteiger partial charge in [-0.25, -0.2) is 14.6 Å². The number of nitrogens with zero attached hydrogens (tertiary/aromatic N) is 2. The highest BCUT2D eigenvalue weighted by atomic mass is 16.4. The summed E-state index contributed by atoms with van der Waals surface area (Å²) in [6.45, 7) is 5.25. The van der Waals surface area contributed by atoms with Crippen molar-refractivity contribution in [2.45, 2.75) is 33.1 Å². The van der Waals surface area contributed by atoms with E-state index in [0.29, 0.717) is 28.5 Å². The fraction of sp³-hybridized carbons (Fsp3) is 0.280. The number of carboxylic acids is 1. The summed E-state index contributed by atoms with van der Waals surface area (Å²) in [6, 6.07) is 11.6. The first kappa shape index (κ1) is 22.3. The second kappa shape index (κ2) is 9.28. The van der Waals surface area contributed by atoms with E-state index in [1.165, 1.54) is 18.2 Å². The number of aromatic carboxylic acids is 1. The Balaban J connectivity index is 1.68. The van der Waals surface area contributed by atoms with E-state index in [-0.39, 0.29) is 22.8 Å². The second-order valence-electron chi connectivity index (χ2n) is 7.97. The van der Waals surface area contributed by atoms with Gasteiger partial charge in [0.05, 0.1) is 5.56 Å². The standard InChI is InChI=1S/C25H24N2O6/c1-3-10-27(11-4-5-15(2)28)18-8-6-16-12-19(25(31)33-22(16)14-18)23-26-20-13-17(24(29)30)7-9-21(20)32-23/h6-9,12-14H,3-5,10-11H2,1-2H3,(H,29,30). The third-order valence-electron chi connectivity index (χ3n) is 5.40. The van der Waals surface area contributed by atoms with Crippen LogP contribution in [0.25, 0.3) is 33.5 Å². The summed E-state index contributed by atoms with van der Waals surface area (Å²) < 4.78 is 11.3. The monoisotopic (exact) mass is 448 g/mol. The average Bonchev–Trinajstić information content (AvgIpc) is 3.20. The zero-order chi connectivity index (χ0) is 23.5. The van der Waals surface area contributed by atoms with Crippen LogP contribution in [0.4, 0.5) is 5.69 Å². The molecule has 0 radical (unpaired) electrons. The van der Waals surface area contributed by atoms with Crippen LogP contribution in [0, 0.1) is 0 Å². The largest absolute Gasteiger partial charge is 0.478 e. The van der Waals surface area contributed by atoms with Gasteiger partial charge in [-0.05, 0) is 56.2 Å². The van der Waals surface area contributed by atoms with Crippen molar-refractivity contribution in [2.75, 3.05) is 18.0 Å². The van der Waals surface area contributed by atoms with Gasteiger partial charge >= 0.3 is 11.6 Å². The van der Waals surface area contributed by atoms with Gasteiger partial charge < -0.3 is 23.6 Å². The summed E-state index contributed by atoms with van der Waals surface area (Å²) in [6.07, 6.45) is 2.24. The van der Waals surface area contributed by atoms with Crippen LogP contribution in [0.5, 0.6) is 0 Å². The number of oxazole rings is 1. The van der Waals surface area contributed by atoms with Crippen molar-refractivity contribution in [1.29, 1.82) is 0 Å². The minimum absolute atomic E-state index is 0.0732. The Morgan fingerprint density at radius 1 is 1.03 bits per heavy atom. The van der Waals surface area contributed by atoms with Crippen molar-refractivity contribution in [2.24, 2.45) is 0 Å². The summed E-state index contributed by atoms with van der Waals surface area (Å²) in [5.41, 5.74) is 1.75. The number of fused-ring (bicyclic) bond motifs is 2. The molecule has 0 atom stereocenters. The van der Waals surface area contributed by atoms with E-state index in [4.69, 9.17) is 13.9 Å². The minimum Gasteiger partial charge on any atom is -0.478 e. The van der Waals surface area contributed by atoms with Crippen LogP contribution in [0.1, 0.15) is 43.5 Å². The maximum Gasteiger partial charge on any atom is 0.349 e. The van der Waals surface area contributed by atoms with E-state index in [1.807, 2.05) is 18.2 Å². The minimum atomic E-state index is -1.07. The van der Waals surface area contributed by atoms with Gasteiger partial charge in [0.25, 0.3) is 0 Å². The molecule has 0 amide bonds. The first-order chi connectivity index (χ1) is 15.9. The molecule has 2 aromatic carbocycles. The number of hydrogen-bond donors (Lipinski definition) is 1. The predicted molar refractivity (Wildman–Crippen MR) is 125 cm³/mol. The molecule has 0 fully saturated rings. The van der Waals surface area contributed by atoms with Gasteiger partial charge in [0.1, 0.15) is 22.4 Å². The fourth-order valence-corrected chi connectivity index (χ4v) is 3.78. The van der Waals surface area contributed by atoms with Gasteiger partial charge in [-0.2, -0.15) is 0 Å². The maximum absolute atomic E-state index is 12.7. The first-order valence-electron chi connectivity index (χ1n) is 10.8. The second-order valence-corrected chi connectivity index (χ2v) is 7.97. The lowest BCUT2D eigenvalue weighted by molar-refractivity contribution is -0.117. The normalized spacial score (nSPS) is 11.2. The summed E-state index contributed by atoms with van der Waals surface area (Å²) in [5, 5.41) is 9.87. The lowest BCUT2D eigenvalue weighted by atomic mass is 10.1.